The Bertz CT molecular complexity index is 997. The second kappa shape index (κ2) is 7.40. The van der Waals surface area contributed by atoms with Gasteiger partial charge in [-0.1, -0.05) is 29.8 Å². The first-order valence-corrected chi connectivity index (χ1v) is 8.08. The topological polar surface area (TPSA) is 46.9 Å². The van der Waals surface area contributed by atoms with E-state index in [1.807, 2.05) is 0 Å². The number of para-hydroxylation sites is 1. The first kappa shape index (κ1) is 18.9. The summed E-state index contributed by atoms with van der Waals surface area (Å²) in [5.74, 6) is -5.01. The van der Waals surface area contributed by atoms with Gasteiger partial charge in [0.05, 0.1) is 5.56 Å². The number of alkyl halides is 2. The van der Waals surface area contributed by atoms with Crippen molar-refractivity contribution in [2.45, 2.75) is 5.63 Å². The largest absolute Gasteiger partial charge is 0.321 e. The second-order valence-electron chi connectivity index (χ2n) is 5.66. The van der Waals surface area contributed by atoms with E-state index in [4.69, 9.17) is 11.6 Å². The van der Waals surface area contributed by atoms with Gasteiger partial charge in [0.2, 0.25) is 5.63 Å². The normalized spacial score (nSPS) is 12.1. The molecule has 0 aliphatic heterocycles. The van der Waals surface area contributed by atoms with Crippen LogP contribution in [0.15, 0.2) is 42.6 Å². The first-order chi connectivity index (χ1) is 12.8. The summed E-state index contributed by atoms with van der Waals surface area (Å²) in [6, 6.07) is 7.76. The van der Waals surface area contributed by atoms with Crippen LogP contribution in [0.3, 0.4) is 0 Å². The molecule has 1 N–H and O–H groups in total. The molecular formula is C18H12ClF4N3O. The smallest absolute Gasteiger partial charge is 0.259 e. The van der Waals surface area contributed by atoms with Gasteiger partial charge in [0.15, 0.2) is 17.5 Å². The number of nitrogens with one attached hydrogen (secondary N) is 1. The number of aromatic nitrogens is 2. The highest BCUT2D eigenvalue weighted by Gasteiger charge is 2.22. The molecule has 3 aromatic rings. The number of anilines is 1. The molecule has 140 valence electrons. The third kappa shape index (κ3) is 3.80. The molecule has 2 aromatic carbocycles. The molecule has 27 heavy (non-hydrogen) atoms. The number of aryl methyl sites for hydroxylation is 1. The number of rotatable bonds is 4. The molecular weight excluding hydrogens is 386 g/mol. The van der Waals surface area contributed by atoms with Crippen molar-refractivity contribution >= 4 is 23.2 Å². The SMILES string of the molecule is Cn1cc(C(=O)Nc2ccccc2-c2cc(F)c(F)c(F)c2)c(C(F)Cl)n1. The number of benzene rings is 2. The number of hydrogen-bond donors (Lipinski definition) is 1. The van der Waals surface area contributed by atoms with Crippen LogP contribution < -0.4 is 5.32 Å². The number of carbonyl (C=O) groups is 1. The highest BCUT2D eigenvalue weighted by atomic mass is 35.5. The Labute approximate surface area is 156 Å². The van der Waals surface area contributed by atoms with Crippen molar-refractivity contribution < 1.29 is 22.4 Å². The Hall–Kier alpha value is -2.87. The van der Waals surface area contributed by atoms with Crippen LogP contribution in [0.25, 0.3) is 11.1 Å². The van der Waals surface area contributed by atoms with Crippen LogP contribution in [0, 0.1) is 17.5 Å². The average Bonchev–Trinajstić information content (AvgIpc) is 3.02. The molecule has 1 atom stereocenters. The van der Waals surface area contributed by atoms with Crippen molar-refractivity contribution in [2.24, 2.45) is 7.05 Å². The van der Waals surface area contributed by atoms with Crippen molar-refractivity contribution in [3.8, 4) is 11.1 Å². The molecule has 1 aromatic heterocycles. The second-order valence-corrected chi connectivity index (χ2v) is 6.04. The Balaban J connectivity index is 1.99. The Kier molecular flexibility index (Phi) is 5.18. The van der Waals surface area contributed by atoms with Gasteiger partial charge in [0, 0.05) is 24.5 Å². The zero-order chi connectivity index (χ0) is 19.7. The van der Waals surface area contributed by atoms with E-state index in [1.54, 1.807) is 12.1 Å². The van der Waals surface area contributed by atoms with Crippen LogP contribution in [-0.2, 0) is 7.05 Å². The molecule has 0 fully saturated rings. The summed E-state index contributed by atoms with van der Waals surface area (Å²) >= 11 is 5.40. The summed E-state index contributed by atoms with van der Waals surface area (Å²) in [6.45, 7) is 0. The minimum atomic E-state index is -1.98. The Morgan fingerprint density at radius 3 is 2.44 bits per heavy atom. The summed E-state index contributed by atoms with van der Waals surface area (Å²) in [7, 11) is 1.50. The molecule has 0 saturated heterocycles. The van der Waals surface area contributed by atoms with Crippen molar-refractivity contribution in [3.63, 3.8) is 0 Å². The Morgan fingerprint density at radius 1 is 1.19 bits per heavy atom. The van der Waals surface area contributed by atoms with Crippen LogP contribution in [0.1, 0.15) is 21.7 Å². The average molecular weight is 398 g/mol. The molecule has 0 aliphatic rings. The quantitative estimate of drug-likeness (QED) is 0.384. The van der Waals surface area contributed by atoms with Gasteiger partial charge in [-0.3, -0.25) is 9.48 Å². The summed E-state index contributed by atoms with van der Waals surface area (Å²) in [5.41, 5.74) is -1.87. The summed E-state index contributed by atoms with van der Waals surface area (Å²) in [4.78, 5) is 12.5. The van der Waals surface area contributed by atoms with Crippen LogP contribution in [0.2, 0.25) is 0 Å². The van der Waals surface area contributed by atoms with Gasteiger partial charge in [-0.25, -0.2) is 17.6 Å². The van der Waals surface area contributed by atoms with Crippen LogP contribution in [0.4, 0.5) is 23.2 Å². The van der Waals surface area contributed by atoms with E-state index in [0.717, 1.165) is 12.1 Å². The highest BCUT2D eigenvalue weighted by Crippen LogP contribution is 2.31. The maximum atomic E-state index is 13.6. The molecule has 9 heteroatoms. The molecule has 0 bridgehead atoms. The molecule has 0 radical (unpaired) electrons. The van der Waals surface area contributed by atoms with Gasteiger partial charge in [0.25, 0.3) is 5.91 Å². The molecule has 4 nitrogen and oxygen atoms in total. The van der Waals surface area contributed by atoms with E-state index in [2.05, 4.69) is 10.4 Å². The van der Waals surface area contributed by atoms with E-state index in [0.29, 0.717) is 0 Å². The molecule has 0 spiro atoms. The fourth-order valence-electron chi connectivity index (χ4n) is 2.59. The highest BCUT2D eigenvalue weighted by molar-refractivity contribution is 6.20. The lowest BCUT2D eigenvalue weighted by molar-refractivity contribution is 0.102. The van der Waals surface area contributed by atoms with Crippen molar-refractivity contribution in [1.82, 2.24) is 9.78 Å². The monoisotopic (exact) mass is 397 g/mol. The van der Waals surface area contributed by atoms with Gasteiger partial charge in [-0.15, -0.1) is 0 Å². The van der Waals surface area contributed by atoms with Gasteiger partial charge < -0.3 is 5.32 Å². The number of hydrogen-bond acceptors (Lipinski definition) is 2. The lowest BCUT2D eigenvalue weighted by Crippen LogP contribution is -2.14. The van der Waals surface area contributed by atoms with Gasteiger partial charge in [-0.05, 0) is 23.8 Å². The van der Waals surface area contributed by atoms with Crippen LogP contribution >= 0.6 is 11.6 Å². The van der Waals surface area contributed by atoms with Crippen molar-refractivity contribution in [2.75, 3.05) is 5.32 Å². The maximum Gasteiger partial charge on any atom is 0.259 e. The van der Waals surface area contributed by atoms with Crippen LogP contribution in [0.5, 0.6) is 0 Å². The maximum absolute atomic E-state index is 13.6. The Morgan fingerprint density at radius 2 is 1.81 bits per heavy atom. The van der Waals surface area contributed by atoms with E-state index in [1.165, 1.54) is 30.1 Å². The summed E-state index contributed by atoms with van der Waals surface area (Å²) < 4.78 is 55.0. The molecule has 1 heterocycles. The summed E-state index contributed by atoms with van der Waals surface area (Å²) in [6.07, 6.45) is 1.29. The van der Waals surface area contributed by atoms with E-state index >= 15 is 0 Å². The zero-order valence-corrected chi connectivity index (χ0v) is 14.6. The standard InChI is InChI=1S/C18H12ClF4N3O/c1-26-8-11(16(25-26)17(19)23)18(27)24-14-5-3-2-4-10(14)9-6-12(20)15(22)13(21)7-9/h2-8,17H,1H3,(H,24,27). The van der Waals surface area contributed by atoms with E-state index < -0.39 is 29.0 Å². The van der Waals surface area contributed by atoms with E-state index in [-0.39, 0.29) is 28.1 Å². The van der Waals surface area contributed by atoms with Crippen LogP contribution in [-0.4, -0.2) is 15.7 Å². The fraction of sp³-hybridized carbons (Fsp3) is 0.111. The molecule has 0 aliphatic carbocycles. The molecule has 3 rings (SSSR count). The van der Waals surface area contributed by atoms with Gasteiger partial charge in [-0.2, -0.15) is 5.10 Å². The predicted molar refractivity (Wildman–Crippen MR) is 92.6 cm³/mol. The summed E-state index contributed by atoms with van der Waals surface area (Å²) in [5, 5.41) is 6.33. The number of carbonyl (C=O) groups excluding carboxylic acids is 1. The minimum absolute atomic E-state index is 0.0226. The lowest BCUT2D eigenvalue weighted by atomic mass is 10.0. The predicted octanol–water partition coefficient (Wildman–Crippen LogP) is 4.96. The van der Waals surface area contributed by atoms with E-state index in [9.17, 15) is 22.4 Å². The molecule has 0 saturated carbocycles. The van der Waals surface area contributed by atoms with Crippen molar-refractivity contribution in [3.05, 3.63) is 71.3 Å². The fourth-order valence-corrected chi connectivity index (χ4v) is 2.75. The van der Waals surface area contributed by atoms with Crippen molar-refractivity contribution in [1.29, 1.82) is 0 Å². The first-order valence-electron chi connectivity index (χ1n) is 7.65. The third-order valence-corrected chi connectivity index (χ3v) is 3.99. The number of halogens is 5. The van der Waals surface area contributed by atoms with Gasteiger partial charge >= 0.3 is 0 Å². The number of nitrogens with zero attached hydrogens (tertiary/aromatic N) is 2. The third-order valence-electron chi connectivity index (χ3n) is 3.78. The minimum Gasteiger partial charge on any atom is -0.321 e. The zero-order valence-electron chi connectivity index (χ0n) is 13.8. The van der Waals surface area contributed by atoms with Gasteiger partial charge in [0.1, 0.15) is 5.69 Å². The number of amides is 1. The molecule has 1 unspecified atom stereocenters. The lowest BCUT2D eigenvalue weighted by Gasteiger charge is -2.12. The molecule has 1 amide bonds.